The molecule has 1 N–H and O–H groups in total. The maximum Gasteiger partial charge on any atom is 0.337 e. The average molecular weight is 238 g/mol. The zero-order chi connectivity index (χ0) is 12.5. The minimum atomic E-state index is -0.989. The van der Waals surface area contributed by atoms with Gasteiger partial charge in [0.05, 0.1) is 24.7 Å². The Labute approximate surface area is 98.6 Å². The Hall–Kier alpha value is -1.75. The van der Waals surface area contributed by atoms with Gasteiger partial charge in [0.25, 0.3) is 0 Å². The molecular formula is C12H14O5. The van der Waals surface area contributed by atoms with Crippen molar-refractivity contribution in [2.45, 2.75) is 32.2 Å². The van der Waals surface area contributed by atoms with Crippen LogP contribution >= 0.6 is 0 Å². The van der Waals surface area contributed by atoms with Crippen molar-refractivity contribution in [3.63, 3.8) is 0 Å². The lowest BCUT2D eigenvalue weighted by Gasteiger charge is -2.31. The summed E-state index contributed by atoms with van der Waals surface area (Å²) in [6, 6.07) is 1.66. The summed E-state index contributed by atoms with van der Waals surface area (Å²) in [6.45, 7) is 3.28. The second-order valence-electron chi connectivity index (χ2n) is 4.31. The van der Waals surface area contributed by atoms with Crippen LogP contribution in [-0.2, 0) is 14.3 Å². The Morgan fingerprint density at radius 2 is 2.18 bits per heavy atom. The van der Waals surface area contributed by atoms with Gasteiger partial charge in [0.2, 0.25) is 5.79 Å². The number of carbonyl (C=O) groups excluding carboxylic acids is 1. The van der Waals surface area contributed by atoms with Crippen LogP contribution in [0.5, 0.6) is 0 Å². The first-order valence-corrected chi connectivity index (χ1v) is 5.29. The van der Waals surface area contributed by atoms with Crippen LogP contribution in [0.4, 0.5) is 0 Å². The minimum absolute atomic E-state index is 0.206. The smallest absolute Gasteiger partial charge is 0.337 e. The van der Waals surface area contributed by atoms with Crippen LogP contribution in [0.3, 0.4) is 0 Å². The van der Waals surface area contributed by atoms with Crippen molar-refractivity contribution in [2.24, 2.45) is 0 Å². The van der Waals surface area contributed by atoms with Crippen molar-refractivity contribution in [2.75, 3.05) is 0 Å². The van der Waals surface area contributed by atoms with Gasteiger partial charge in [-0.2, -0.15) is 0 Å². The third-order valence-corrected chi connectivity index (χ3v) is 2.32. The molecular weight excluding hydrogens is 224 g/mol. The van der Waals surface area contributed by atoms with Gasteiger partial charge in [0.15, 0.2) is 0 Å². The van der Waals surface area contributed by atoms with E-state index in [1.807, 2.05) is 0 Å². The van der Waals surface area contributed by atoms with Crippen molar-refractivity contribution in [3.05, 3.63) is 36.0 Å². The predicted molar refractivity (Wildman–Crippen MR) is 57.6 cm³/mol. The van der Waals surface area contributed by atoms with Crippen molar-refractivity contribution in [1.29, 1.82) is 0 Å². The summed E-state index contributed by atoms with van der Waals surface area (Å²) in [5.74, 6) is -1.05. The lowest BCUT2D eigenvalue weighted by Crippen LogP contribution is -2.34. The number of cyclic esters (lactones) is 1. The van der Waals surface area contributed by atoms with E-state index < -0.39 is 17.9 Å². The number of hydrogen-bond acceptors (Lipinski definition) is 5. The highest BCUT2D eigenvalue weighted by Crippen LogP contribution is 2.28. The molecule has 1 atom stereocenters. The van der Waals surface area contributed by atoms with Gasteiger partial charge in [-0.3, -0.25) is 0 Å². The number of aliphatic hydroxyl groups excluding tert-OH is 1. The fraction of sp³-hybridized carbons (Fsp3) is 0.417. The molecule has 1 aliphatic rings. The molecule has 0 spiro atoms. The SMILES string of the molecule is CC1(C)OC(=O)C=C(CC(O)c2ccoc2)O1. The third-order valence-electron chi connectivity index (χ3n) is 2.32. The topological polar surface area (TPSA) is 68.9 Å². The number of hydrogen-bond donors (Lipinski definition) is 1. The largest absolute Gasteiger partial charge is 0.472 e. The van der Waals surface area contributed by atoms with Gasteiger partial charge in [0.1, 0.15) is 5.76 Å². The van der Waals surface area contributed by atoms with Gasteiger partial charge >= 0.3 is 5.97 Å². The molecule has 2 rings (SSSR count). The number of furan rings is 1. The molecule has 0 fully saturated rings. The molecule has 92 valence electrons. The van der Waals surface area contributed by atoms with Crippen LogP contribution in [0.25, 0.3) is 0 Å². The lowest BCUT2D eigenvalue weighted by atomic mass is 10.1. The minimum Gasteiger partial charge on any atom is -0.472 e. The highest BCUT2D eigenvalue weighted by atomic mass is 16.7. The first-order valence-electron chi connectivity index (χ1n) is 5.29. The Morgan fingerprint density at radius 3 is 2.76 bits per heavy atom. The van der Waals surface area contributed by atoms with E-state index in [4.69, 9.17) is 13.9 Å². The Morgan fingerprint density at radius 1 is 1.41 bits per heavy atom. The molecule has 1 aliphatic heterocycles. The average Bonchev–Trinajstić information content (AvgIpc) is 2.65. The molecule has 0 radical (unpaired) electrons. The fourth-order valence-electron chi connectivity index (χ4n) is 1.64. The van der Waals surface area contributed by atoms with E-state index >= 15 is 0 Å². The first kappa shape index (κ1) is 11.7. The summed E-state index contributed by atoms with van der Waals surface area (Å²) >= 11 is 0. The predicted octanol–water partition coefficient (Wildman–Crippen LogP) is 1.90. The number of rotatable bonds is 3. The molecule has 1 aromatic heterocycles. The summed E-state index contributed by atoms with van der Waals surface area (Å²) in [5.41, 5.74) is 0.645. The van der Waals surface area contributed by atoms with Gasteiger partial charge < -0.3 is 19.0 Å². The molecule has 0 aliphatic carbocycles. The molecule has 5 heteroatoms. The highest BCUT2D eigenvalue weighted by Gasteiger charge is 2.31. The van der Waals surface area contributed by atoms with E-state index in [9.17, 15) is 9.90 Å². The molecule has 0 bridgehead atoms. The third kappa shape index (κ3) is 2.88. The molecule has 17 heavy (non-hydrogen) atoms. The highest BCUT2D eigenvalue weighted by molar-refractivity contribution is 5.83. The van der Waals surface area contributed by atoms with Crippen LogP contribution in [0.1, 0.15) is 31.9 Å². The second-order valence-corrected chi connectivity index (χ2v) is 4.31. The van der Waals surface area contributed by atoms with Crippen LogP contribution in [0, 0.1) is 0 Å². The lowest BCUT2D eigenvalue weighted by molar-refractivity contribution is -0.206. The first-order chi connectivity index (χ1) is 7.96. The van der Waals surface area contributed by atoms with Crippen molar-refractivity contribution in [1.82, 2.24) is 0 Å². The normalized spacial score (nSPS) is 20.2. The van der Waals surface area contributed by atoms with E-state index in [0.717, 1.165) is 0 Å². The Kier molecular flexibility index (Phi) is 2.93. The fourth-order valence-corrected chi connectivity index (χ4v) is 1.64. The Balaban J connectivity index is 2.06. The van der Waals surface area contributed by atoms with E-state index in [2.05, 4.69) is 0 Å². The monoisotopic (exact) mass is 238 g/mol. The standard InChI is InChI=1S/C12H14O5/c1-12(2)16-9(6-11(14)17-12)5-10(13)8-3-4-15-7-8/h3-4,6-7,10,13H,5H2,1-2H3. The molecule has 5 nitrogen and oxygen atoms in total. The summed E-state index contributed by atoms with van der Waals surface area (Å²) in [7, 11) is 0. The van der Waals surface area contributed by atoms with Gasteiger partial charge in [-0.1, -0.05) is 0 Å². The maximum absolute atomic E-state index is 11.3. The van der Waals surface area contributed by atoms with Gasteiger partial charge in [-0.25, -0.2) is 4.79 Å². The van der Waals surface area contributed by atoms with Gasteiger partial charge in [0, 0.05) is 25.8 Å². The molecule has 2 heterocycles. The molecule has 0 saturated heterocycles. The van der Waals surface area contributed by atoms with E-state index in [0.29, 0.717) is 11.3 Å². The van der Waals surface area contributed by atoms with Gasteiger partial charge in [-0.05, 0) is 6.07 Å². The molecule has 0 aromatic carbocycles. The quantitative estimate of drug-likeness (QED) is 0.814. The summed E-state index contributed by atoms with van der Waals surface area (Å²) in [4.78, 5) is 11.3. The second kappa shape index (κ2) is 4.25. The van der Waals surface area contributed by atoms with Crippen LogP contribution in [0.2, 0.25) is 0 Å². The van der Waals surface area contributed by atoms with E-state index in [-0.39, 0.29) is 6.42 Å². The molecule has 1 unspecified atom stereocenters. The molecule has 0 saturated carbocycles. The zero-order valence-electron chi connectivity index (χ0n) is 9.67. The molecule has 1 aromatic rings. The summed E-state index contributed by atoms with van der Waals surface area (Å²) in [5, 5.41) is 9.89. The Bertz CT molecular complexity index is 430. The van der Waals surface area contributed by atoms with Crippen molar-refractivity contribution >= 4 is 5.97 Å². The van der Waals surface area contributed by atoms with E-state index in [1.165, 1.54) is 18.6 Å². The zero-order valence-corrected chi connectivity index (χ0v) is 9.67. The number of carbonyl (C=O) groups is 1. The van der Waals surface area contributed by atoms with Crippen LogP contribution in [0.15, 0.2) is 34.8 Å². The van der Waals surface area contributed by atoms with E-state index in [1.54, 1.807) is 19.9 Å². The van der Waals surface area contributed by atoms with Crippen molar-refractivity contribution in [3.8, 4) is 0 Å². The van der Waals surface area contributed by atoms with Crippen LogP contribution < -0.4 is 0 Å². The number of ether oxygens (including phenoxy) is 2. The number of esters is 1. The molecule has 0 amide bonds. The van der Waals surface area contributed by atoms with Crippen molar-refractivity contribution < 1.29 is 23.8 Å². The summed E-state index contributed by atoms with van der Waals surface area (Å²) in [6.07, 6.45) is 3.62. The van der Waals surface area contributed by atoms with Gasteiger partial charge in [-0.15, -0.1) is 0 Å². The van der Waals surface area contributed by atoms with Crippen LogP contribution in [-0.4, -0.2) is 16.9 Å². The maximum atomic E-state index is 11.3. The summed E-state index contributed by atoms with van der Waals surface area (Å²) < 4.78 is 15.3. The number of aliphatic hydroxyl groups is 1.